The molecular formula is C26H31N3O5. The molecule has 180 valence electrons. The monoisotopic (exact) mass is 465 g/mol. The highest BCUT2D eigenvalue weighted by molar-refractivity contribution is 5.70. The molecule has 4 rings (SSSR count). The van der Waals surface area contributed by atoms with Gasteiger partial charge in [-0.05, 0) is 61.3 Å². The zero-order valence-corrected chi connectivity index (χ0v) is 19.6. The summed E-state index contributed by atoms with van der Waals surface area (Å²) in [6.07, 6.45) is 5.88. The van der Waals surface area contributed by atoms with Gasteiger partial charge >= 0.3 is 0 Å². The average molecular weight is 466 g/mol. The van der Waals surface area contributed by atoms with E-state index >= 15 is 0 Å². The first-order chi connectivity index (χ1) is 16.7. The first-order valence-electron chi connectivity index (χ1n) is 11.2. The highest BCUT2D eigenvalue weighted by atomic mass is 16.5. The van der Waals surface area contributed by atoms with E-state index in [9.17, 15) is 0 Å². The zero-order valence-electron chi connectivity index (χ0n) is 19.6. The predicted molar refractivity (Wildman–Crippen MR) is 129 cm³/mol. The minimum atomic E-state index is -0.250. The van der Waals surface area contributed by atoms with Gasteiger partial charge in [0.2, 0.25) is 5.88 Å². The number of carbonyl (C=O) groups is 1. The first-order valence-corrected chi connectivity index (χ1v) is 11.2. The molecule has 0 radical (unpaired) electrons. The van der Waals surface area contributed by atoms with E-state index in [0.29, 0.717) is 18.5 Å². The lowest BCUT2D eigenvalue weighted by atomic mass is 10.0. The van der Waals surface area contributed by atoms with Crippen LogP contribution in [0.1, 0.15) is 24.1 Å². The molecule has 0 saturated carbocycles. The molecule has 8 heteroatoms. The molecule has 1 aliphatic rings. The van der Waals surface area contributed by atoms with Gasteiger partial charge in [0.05, 0.1) is 19.4 Å². The summed E-state index contributed by atoms with van der Waals surface area (Å²) in [6, 6.07) is 16.6. The quantitative estimate of drug-likeness (QED) is 0.473. The van der Waals surface area contributed by atoms with E-state index in [-0.39, 0.29) is 6.47 Å². The largest absolute Gasteiger partial charge is 0.487 e. The maximum atomic E-state index is 8.36. The van der Waals surface area contributed by atoms with Gasteiger partial charge in [-0.3, -0.25) is 14.7 Å². The molecule has 1 saturated heterocycles. The van der Waals surface area contributed by atoms with Crippen molar-refractivity contribution in [2.45, 2.75) is 32.0 Å². The lowest BCUT2D eigenvalue weighted by molar-refractivity contribution is -0.122. The molecule has 8 nitrogen and oxygen atoms in total. The number of carboxylic acid groups (broad SMARTS) is 1. The fraction of sp³-hybridized carbons (Fsp3) is 0.346. The third-order valence-corrected chi connectivity index (χ3v) is 5.67. The number of rotatable bonds is 9. The molecule has 1 N–H and O–H groups in total. The van der Waals surface area contributed by atoms with E-state index < -0.39 is 0 Å². The maximum Gasteiger partial charge on any atom is 0.290 e. The molecule has 1 aromatic carbocycles. The summed E-state index contributed by atoms with van der Waals surface area (Å²) in [5.74, 6) is 1.49. The minimum absolute atomic E-state index is 0.250. The second-order valence-electron chi connectivity index (χ2n) is 7.82. The van der Waals surface area contributed by atoms with Gasteiger partial charge in [0.25, 0.3) is 6.47 Å². The number of hydrogen-bond acceptors (Lipinski definition) is 7. The Morgan fingerprint density at radius 2 is 1.94 bits per heavy atom. The molecule has 0 unspecified atom stereocenters. The summed E-state index contributed by atoms with van der Waals surface area (Å²) in [5.41, 5.74) is 4.08. The second-order valence-corrected chi connectivity index (χ2v) is 7.82. The summed E-state index contributed by atoms with van der Waals surface area (Å²) in [4.78, 5) is 19.6. The molecule has 3 heterocycles. The summed E-state index contributed by atoms with van der Waals surface area (Å²) in [5, 5.41) is 6.89. The van der Waals surface area contributed by atoms with Crippen LogP contribution in [-0.4, -0.2) is 59.9 Å². The lowest BCUT2D eigenvalue weighted by Crippen LogP contribution is -2.32. The lowest BCUT2D eigenvalue weighted by Gasteiger charge is -2.25. The van der Waals surface area contributed by atoms with Crippen LogP contribution in [0, 0.1) is 0 Å². The second kappa shape index (κ2) is 13.3. The van der Waals surface area contributed by atoms with Gasteiger partial charge in [-0.15, -0.1) is 0 Å². The van der Waals surface area contributed by atoms with Crippen molar-refractivity contribution >= 4 is 6.47 Å². The van der Waals surface area contributed by atoms with Gasteiger partial charge in [-0.25, -0.2) is 4.98 Å². The molecule has 2 aromatic heterocycles. The van der Waals surface area contributed by atoms with Gasteiger partial charge in [-0.1, -0.05) is 12.1 Å². The van der Waals surface area contributed by atoms with Crippen molar-refractivity contribution in [3.63, 3.8) is 0 Å². The van der Waals surface area contributed by atoms with Crippen LogP contribution in [0.5, 0.6) is 11.6 Å². The maximum absolute atomic E-state index is 8.36. The van der Waals surface area contributed by atoms with Crippen molar-refractivity contribution in [3.05, 3.63) is 72.2 Å². The number of methoxy groups -OCH3 is 2. The fourth-order valence-corrected chi connectivity index (χ4v) is 4.12. The molecule has 1 aliphatic heterocycles. The Morgan fingerprint density at radius 3 is 2.68 bits per heavy atom. The summed E-state index contributed by atoms with van der Waals surface area (Å²) in [6.45, 7) is 2.81. The fourth-order valence-electron chi connectivity index (χ4n) is 4.12. The van der Waals surface area contributed by atoms with Crippen LogP contribution in [0.4, 0.5) is 0 Å². The van der Waals surface area contributed by atoms with Crippen LogP contribution in [0.15, 0.2) is 60.9 Å². The molecule has 3 aromatic rings. The smallest absolute Gasteiger partial charge is 0.290 e. The third kappa shape index (κ3) is 6.76. The van der Waals surface area contributed by atoms with Gasteiger partial charge in [-0.2, -0.15) is 0 Å². The normalized spacial score (nSPS) is 15.3. The van der Waals surface area contributed by atoms with Crippen molar-refractivity contribution < 1.29 is 24.1 Å². The molecule has 1 atom stereocenters. The van der Waals surface area contributed by atoms with E-state index in [0.717, 1.165) is 54.3 Å². The van der Waals surface area contributed by atoms with Crippen molar-refractivity contribution in [1.29, 1.82) is 0 Å². The summed E-state index contributed by atoms with van der Waals surface area (Å²) in [7, 11) is 3.42. The first kappa shape index (κ1) is 25.1. The number of nitrogens with zero attached hydrogens (tertiary/aromatic N) is 3. The van der Waals surface area contributed by atoms with Crippen LogP contribution in [0.2, 0.25) is 0 Å². The molecule has 0 spiro atoms. The van der Waals surface area contributed by atoms with E-state index in [1.807, 2.05) is 36.4 Å². The van der Waals surface area contributed by atoms with Crippen LogP contribution in [0.3, 0.4) is 0 Å². The SMILES string of the molecule is COC[C@@H]1CCCN1Cc1cc(-c2cccnc2OC)ccc1OCc1ccccn1.O=CO. The van der Waals surface area contributed by atoms with Gasteiger partial charge in [0.15, 0.2) is 0 Å². The van der Waals surface area contributed by atoms with Crippen molar-refractivity contribution in [2.75, 3.05) is 27.4 Å². The summed E-state index contributed by atoms with van der Waals surface area (Å²) < 4.78 is 17.1. The average Bonchev–Trinajstić information content (AvgIpc) is 3.31. The van der Waals surface area contributed by atoms with Crippen molar-refractivity contribution in [3.8, 4) is 22.8 Å². The van der Waals surface area contributed by atoms with Crippen LogP contribution < -0.4 is 9.47 Å². The number of hydrogen-bond donors (Lipinski definition) is 1. The van der Waals surface area contributed by atoms with Crippen LogP contribution >= 0.6 is 0 Å². The van der Waals surface area contributed by atoms with Gasteiger partial charge in [0, 0.05) is 43.2 Å². The van der Waals surface area contributed by atoms with Crippen molar-refractivity contribution in [1.82, 2.24) is 14.9 Å². The Bertz CT molecular complexity index is 1030. The number of likely N-dealkylation sites (tertiary alicyclic amines) is 1. The van der Waals surface area contributed by atoms with Gasteiger partial charge < -0.3 is 19.3 Å². The number of pyridine rings is 2. The molecule has 34 heavy (non-hydrogen) atoms. The molecule has 0 amide bonds. The van der Waals surface area contributed by atoms with E-state index in [1.54, 1.807) is 26.6 Å². The van der Waals surface area contributed by atoms with Crippen molar-refractivity contribution in [2.24, 2.45) is 0 Å². The number of aromatic nitrogens is 2. The predicted octanol–water partition coefficient (Wildman–Crippen LogP) is 4.04. The van der Waals surface area contributed by atoms with Gasteiger partial charge in [0.1, 0.15) is 12.4 Å². The molecule has 0 aliphatic carbocycles. The molecule has 0 bridgehead atoms. The number of ether oxygens (including phenoxy) is 3. The zero-order chi connectivity index (χ0) is 24.2. The van der Waals surface area contributed by atoms with Crippen LogP contribution in [-0.2, 0) is 22.7 Å². The Labute approximate surface area is 200 Å². The Kier molecular flexibility index (Phi) is 9.81. The minimum Gasteiger partial charge on any atom is -0.487 e. The van der Waals surface area contributed by atoms with Crippen LogP contribution in [0.25, 0.3) is 11.1 Å². The van der Waals surface area contributed by atoms with E-state index in [2.05, 4.69) is 27.0 Å². The topological polar surface area (TPSA) is 94.0 Å². The highest BCUT2D eigenvalue weighted by Gasteiger charge is 2.25. The standard InChI is InChI=1S/C25H29N3O3.CH2O2/c1-29-18-22-8-6-14-28(22)16-20-15-19(23-9-5-13-27-25(23)30-2)10-11-24(20)31-17-21-7-3-4-12-26-21;2-1-3/h3-5,7,9-13,15,22H,6,8,14,16-18H2,1-2H3;1H,(H,2,3)/t22-;/m0./s1. The Morgan fingerprint density at radius 1 is 1.12 bits per heavy atom. The Balaban J connectivity index is 0.00000103. The van der Waals surface area contributed by atoms with E-state index in [1.165, 1.54) is 6.42 Å². The third-order valence-electron chi connectivity index (χ3n) is 5.67. The summed E-state index contributed by atoms with van der Waals surface area (Å²) >= 11 is 0. The number of benzene rings is 1. The molecular weight excluding hydrogens is 434 g/mol. The molecule has 1 fully saturated rings. The highest BCUT2D eigenvalue weighted by Crippen LogP contribution is 2.33. The van der Waals surface area contributed by atoms with E-state index in [4.69, 9.17) is 24.1 Å². The Hall–Kier alpha value is -3.49.